The largest absolute Gasteiger partial charge is 0.303 e. The van der Waals surface area contributed by atoms with Gasteiger partial charge >= 0.3 is 0 Å². The van der Waals surface area contributed by atoms with Crippen LogP contribution in [0, 0.1) is 0 Å². The Morgan fingerprint density at radius 2 is 2.22 bits per heavy atom. The van der Waals surface area contributed by atoms with E-state index in [0.717, 1.165) is 0 Å². The van der Waals surface area contributed by atoms with Crippen molar-refractivity contribution in [3.8, 4) is 0 Å². The summed E-state index contributed by atoms with van der Waals surface area (Å²) in [5, 5.41) is 5.90. The van der Waals surface area contributed by atoms with E-state index in [1.54, 1.807) is 0 Å². The summed E-state index contributed by atoms with van der Waals surface area (Å²) < 4.78 is 1.18. The summed E-state index contributed by atoms with van der Waals surface area (Å²) in [5.74, 6) is 0. The lowest BCUT2D eigenvalue weighted by Gasteiger charge is -2.19. The Hall–Kier alpha value is -0.640. The van der Waals surface area contributed by atoms with Crippen LogP contribution in [-0.2, 0) is 6.42 Å². The van der Waals surface area contributed by atoms with Gasteiger partial charge in [0, 0.05) is 26.8 Å². The minimum absolute atomic E-state index is 0.414. The fraction of sp³-hybridized carbons (Fsp3) is 0.333. The lowest BCUT2D eigenvalue weighted by Crippen LogP contribution is -2.22. The zero-order valence-electron chi connectivity index (χ0n) is 10.3. The third-order valence-corrected chi connectivity index (χ3v) is 5.47. The van der Waals surface area contributed by atoms with Crippen molar-refractivity contribution < 1.29 is 0 Å². The van der Waals surface area contributed by atoms with Crippen LogP contribution in [-0.4, -0.2) is 0 Å². The summed E-state index contributed by atoms with van der Waals surface area (Å²) in [7, 11) is 0. The molecule has 2 aromatic rings. The van der Waals surface area contributed by atoms with E-state index < -0.39 is 0 Å². The number of aryl methyl sites for hydroxylation is 1. The summed E-state index contributed by atoms with van der Waals surface area (Å²) >= 11 is 5.33. The maximum Gasteiger partial charge on any atom is 0.0391 e. The average molecular weight is 322 g/mol. The number of benzene rings is 1. The van der Waals surface area contributed by atoms with Crippen molar-refractivity contribution >= 4 is 27.3 Å². The second kappa shape index (κ2) is 5.16. The molecule has 0 bridgehead atoms. The van der Waals surface area contributed by atoms with Crippen LogP contribution in [0.5, 0.6) is 0 Å². The molecule has 3 rings (SSSR count). The molecule has 0 radical (unpaired) electrons. The van der Waals surface area contributed by atoms with Crippen LogP contribution in [0.4, 0.5) is 0 Å². The Labute approximate surface area is 120 Å². The third kappa shape index (κ3) is 2.40. The van der Waals surface area contributed by atoms with E-state index in [1.165, 1.54) is 33.3 Å². The Bertz CT molecular complexity index is 549. The van der Waals surface area contributed by atoms with Gasteiger partial charge in [0.2, 0.25) is 0 Å². The molecule has 0 saturated heterocycles. The Morgan fingerprint density at radius 1 is 1.39 bits per heavy atom. The molecule has 1 aromatic carbocycles. The van der Waals surface area contributed by atoms with Gasteiger partial charge in [-0.25, -0.2) is 0 Å². The molecule has 1 aliphatic carbocycles. The molecule has 3 heteroatoms. The van der Waals surface area contributed by atoms with E-state index in [9.17, 15) is 0 Å². The number of nitrogens with one attached hydrogen (secondary N) is 1. The summed E-state index contributed by atoms with van der Waals surface area (Å²) in [5.41, 5.74) is 2.99. The molecule has 94 valence electrons. The van der Waals surface area contributed by atoms with Gasteiger partial charge in [0.1, 0.15) is 0 Å². The molecule has 1 aliphatic rings. The van der Waals surface area contributed by atoms with Crippen molar-refractivity contribution in [3.05, 3.63) is 56.2 Å². The highest BCUT2D eigenvalue weighted by atomic mass is 79.9. The smallest absolute Gasteiger partial charge is 0.0391 e. The zero-order chi connectivity index (χ0) is 12.5. The summed E-state index contributed by atoms with van der Waals surface area (Å²) in [6.45, 7) is 2.25. The predicted octanol–water partition coefficient (Wildman–Crippen LogP) is 4.85. The van der Waals surface area contributed by atoms with E-state index in [2.05, 4.69) is 63.9 Å². The number of rotatable bonds is 3. The topological polar surface area (TPSA) is 12.0 Å². The number of hydrogen-bond acceptors (Lipinski definition) is 2. The Balaban J connectivity index is 1.75. The molecule has 0 saturated carbocycles. The van der Waals surface area contributed by atoms with Gasteiger partial charge in [-0.3, -0.25) is 0 Å². The van der Waals surface area contributed by atoms with Crippen LogP contribution in [0.25, 0.3) is 0 Å². The minimum Gasteiger partial charge on any atom is -0.303 e. The molecular formula is C15H16BrNS. The summed E-state index contributed by atoms with van der Waals surface area (Å²) in [4.78, 5) is 1.39. The van der Waals surface area contributed by atoms with E-state index in [4.69, 9.17) is 0 Å². The predicted molar refractivity (Wildman–Crippen MR) is 81.1 cm³/mol. The normalized spacial score (nSPS) is 19.8. The van der Waals surface area contributed by atoms with Gasteiger partial charge in [-0.2, -0.15) is 0 Å². The van der Waals surface area contributed by atoms with Crippen molar-refractivity contribution in [3.63, 3.8) is 0 Å². The van der Waals surface area contributed by atoms with Gasteiger partial charge in [0.15, 0.2) is 0 Å². The molecule has 1 N–H and O–H groups in total. The third-order valence-electron chi connectivity index (χ3n) is 3.60. The molecule has 0 fully saturated rings. The van der Waals surface area contributed by atoms with Gasteiger partial charge in [-0.05, 0) is 52.9 Å². The standard InChI is InChI=1S/C15H16BrNS/c1-10(15-8-12(16)9-18-15)17-14-7-6-11-4-2-3-5-13(11)14/h2-5,8-10,14,17H,6-7H2,1H3. The number of halogens is 1. The monoisotopic (exact) mass is 321 g/mol. The first-order valence-electron chi connectivity index (χ1n) is 6.32. The second-order valence-corrected chi connectivity index (χ2v) is 6.70. The van der Waals surface area contributed by atoms with Crippen LogP contribution in [0.2, 0.25) is 0 Å². The first-order valence-corrected chi connectivity index (χ1v) is 7.99. The highest BCUT2D eigenvalue weighted by Crippen LogP contribution is 2.34. The minimum atomic E-state index is 0.414. The molecule has 0 amide bonds. The molecule has 2 unspecified atom stereocenters. The quantitative estimate of drug-likeness (QED) is 0.852. The molecule has 0 spiro atoms. The van der Waals surface area contributed by atoms with Crippen LogP contribution in [0.15, 0.2) is 40.2 Å². The Kier molecular flexibility index (Phi) is 3.55. The van der Waals surface area contributed by atoms with Crippen LogP contribution < -0.4 is 5.32 Å². The maximum absolute atomic E-state index is 3.75. The van der Waals surface area contributed by atoms with Crippen molar-refractivity contribution in [2.24, 2.45) is 0 Å². The van der Waals surface area contributed by atoms with Crippen LogP contribution in [0.1, 0.15) is 41.4 Å². The molecule has 0 aliphatic heterocycles. The van der Waals surface area contributed by atoms with Crippen LogP contribution >= 0.6 is 27.3 Å². The second-order valence-electron chi connectivity index (χ2n) is 4.85. The first-order chi connectivity index (χ1) is 8.74. The molecule has 1 aromatic heterocycles. The van der Waals surface area contributed by atoms with E-state index in [1.807, 2.05) is 11.3 Å². The summed E-state index contributed by atoms with van der Waals surface area (Å²) in [6, 6.07) is 11.9. The number of fused-ring (bicyclic) bond motifs is 1. The highest BCUT2D eigenvalue weighted by molar-refractivity contribution is 9.10. The number of thiophene rings is 1. The fourth-order valence-electron chi connectivity index (χ4n) is 2.67. The average Bonchev–Trinajstić information content (AvgIpc) is 2.97. The zero-order valence-corrected chi connectivity index (χ0v) is 12.7. The van der Waals surface area contributed by atoms with Crippen molar-refractivity contribution in [1.82, 2.24) is 5.32 Å². The molecule has 1 nitrogen and oxygen atoms in total. The molecular weight excluding hydrogens is 306 g/mol. The van der Waals surface area contributed by atoms with Gasteiger partial charge in [-0.15, -0.1) is 11.3 Å². The van der Waals surface area contributed by atoms with Gasteiger partial charge in [-0.1, -0.05) is 24.3 Å². The van der Waals surface area contributed by atoms with Crippen molar-refractivity contribution in [2.75, 3.05) is 0 Å². The fourth-order valence-corrected chi connectivity index (χ4v) is 4.13. The lowest BCUT2D eigenvalue weighted by atomic mass is 10.1. The van der Waals surface area contributed by atoms with Crippen molar-refractivity contribution in [1.29, 1.82) is 0 Å². The van der Waals surface area contributed by atoms with Crippen LogP contribution in [0.3, 0.4) is 0 Å². The summed E-state index contributed by atoms with van der Waals surface area (Å²) in [6.07, 6.45) is 2.42. The van der Waals surface area contributed by atoms with Gasteiger partial charge < -0.3 is 5.32 Å². The molecule has 18 heavy (non-hydrogen) atoms. The Morgan fingerprint density at radius 3 is 3.00 bits per heavy atom. The number of hydrogen-bond donors (Lipinski definition) is 1. The molecule has 2 atom stereocenters. The maximum atomic E-state index is 3.75. The van der Waals surface area contributed by atoms with E-state index >= 15 is 0 Å². The lowest BCUT2D eigenvalue weighted by molar-refractivity contribution is 0.469. The first kappa shape index (κ1) is 12.4. The van der Waals surface area contributed by atoms with Gasteiger partial charge in [0.05, 0.1) is 0 Å². The molecule has 1 heterocycles. The van der Waals surface area contributed by atoms with Crippen molar-refractivity contribution in [2.45, 2.75) is 31.8 Å². The highest BCUT2D eigenvalue weighted by Gasteiger charge is 2.23. The SMILES string of the molecule is CC(NC1CCc2ccccc21)c1cc(Br)cs1. The van der Waals surface area contributed by atoms with Gasteiger partial charge in [0.25, 0.3) is 0 Å². The van der Waals surface area contributed by atoms with E-state index in [0.29, 0.717) is 12.1 Å². The van der Waals surface area contributed by atoms with E-state index in [-0.39, 0.29) is 0 Å².